The molecule has 0 aliphatic carbocycles. The van der Waals surface area contributed by atoms with E-state index in [1.54, 1.807) is 17.5 Å². The average Bonchev–Trinajstić information content (AvgIpc) is 3.01. The molecular formula is C20H26N6O2. The minimum absolute atomic E-state index is 0.0451. The highest BCUT2D eigenvalue weighted by molar-refractivity contribution is 5.93. The third-order valence-electron chi connectivity index (χ3n) is 4.82. The van der Waals surface area contributed by atoms with Gasteiger partial charge in [0, 0.05) is 18.7 Å². The molecule has 1 N–H and O–H groups in total. The molecule has 0 saturated carbocycles. The van der Waals surface area contributed by atoms with Crippen molar-refractivity contribution in [1.82, 2.24) is 19.8 Å². The molecule has 0 aliphatic heterocycles. The van der Waals surface area contributed by atoms with E-state index in [1.165, 1.54) is 4.90 Å². The first-order valence-corrected chi connectivity index (χ1v) is 9.15. The summed E-state index contributed by atoms with van der Waals surface area (Å²) in [6, 6.07) is 11.9. The molecule has 0 spiro atoms. The van der Waals surface area contributed by atoms with E-state index in [1.807, 2.05) is 50.9 Å². The Labute approximate surface area is 164 Å². The zero-order valence-corrected chi connectivity index (χ0v) is 17.1. The van der Waals surface area contributed by atoms with E-state index in [9.17, 15) is 9.90 Å². The van der Waals surface area contributed by atoms with Crippen molar-refractivity contribution in [2.24, 2.45) is 0 Å². The van der Waals surface area contributed by atoms with Crippen LogP contribution in [-0.2, 0) is 0 Å². The fraction of sp³-hybridized carbons (Fsp3) is 0.400. The number of benzene rings is 1. The summed E-state index contributed by atoms with van der Waals surface area (Å²) in [7, 11) is 1.94. The minimum atomic E-state index is -1.05. The van der Waals surface area contributed by atoms with Gasteiger partial charge in [-0.3, -0.25) is 4.90 Å². The molecule has 0 bridgehead atoms. The number of rotatable bonds is 4. The summed E-state index contributed by atoms with van der Waals surface area (Å²) in [5.74, 6) is 1.23. The topological polar surface area (TPSA) is 86.9 Å². The average molecular weight is 382 g/mol. The minimum Gasteiger partial charge on any atom is -0.465 e. The van der Waals surface area contributed by atoms with Crippen molar-refractivity contribution < 1.29 is 9.90 Å². The van der Waals surface area contributed by atoms with Crippen LogP contribution in [0.1, 0.15) is 45.1 Å². The summed E-state index contributed by atoms with van der Waals surface area (Å²) < 4.78 is 1.60. The van der Waals surface area contributed by atoms with Crippen LogP contribution in [0, 0.1) is 6.92 Å². The molecular weight excluding hydrogens is 356 g/mol. The second-order valence-corrected chi connectivity index (χ2v) is 7.86. The molecule has 0 radical (unpaired) electrons. The van der Waals surface area contributed by atoms with E-state index < -0.39 is 11.6 Å². The molecule has 148 valence electrons. The maximum absolute atomic E-state index is 12.1. The van der Waals surface area contributed by atoms with Crippen molar-refractivity contribution >= 4 is 23.2 Å². The lowest BCUT2D eigenvalue weighted by molar-refractivity contribution is 0.195. The molecule has 1 amide bonds. The van der Waals surface area contributed by atoms with Gasteiger partial charge in [-0.05, 0) is 40.2 Å². The zero-order chi connectivity index (χ0) is 20.6. The summed E-state index contributed by atoms with van der Waals surface area (Å²) in [6.07, 6.45) is -1.05. The lowest BCUT2D eigenvalue weighted by Crippen LogP contribution is -2.45. The van der Waals surface area contributed by atoms with Gasteiger partial charge in [0.1, 0.15) is 0 Å². The first-order valence-electron chi connectivity index (χ1n) is 9.15. The molecule has 8 nitrogen and oxygen atoms in total. The molecule has 28 heavy (non-hydrogen) atoms. The molecule has 3 rings (SSSR count). The number of aryl methyl sites for hydroxylation is 1. The second-order valence-electron chi connectivity index (χ2n) is 7.86. The van der Waals surface area contributed by atoms with Gasteiger partial charge in [0.05, 0.1) is 11.7 Å². The Morgan fingerprint density at radius 1 is 1.18 bits per heavy atom. The summed E-state index contributed by atoms with van der Waals surface area (Å²) in [6.45, 7) is 9.41. The summed E-state index contributed by atoms with van der Waals surface area (Å²) in [4.78, 5) is 15.4. The fourth-order valence-electron chi connectivity index (χ4n) is 3.20. The van der Waals surface area contributed by atoms with Gasteiger partial charge in [-0.2, -0.15) is 4.52 Å². The Hall–Kier alpha value is -3.16. The van der Waals surface area contributed by atoms with E-state index in [-0.39, 0.29) is 6.04 Å². The van der Waals surface area contributed by atoms with Crippen LogP contribution >= 0.6 is 0 Å². The Morgan fingerprint density at radius 2 is 1.82 bits per heavy atom. The Morgan fingerprint density at radius 3 is 2.39 bits per heavy atom. The number of carboxylic acid groups (broad SMARTS) is 1. The van der Waals surface area contributed by atoms with Gasteiger partial charge in [-0.15, -0.1) is 15.3 Å². The highest BCUT2D eigenvalue weighted by Crippen LogP contribution is 2.32. The number of hydrogen-bond acceptors (Lipinski definition) is 5. The van der Waals surface area contributed by atoms with E-state index in [0.29, 0.717) is 23.0 Å². The van der Waals surface area contributed by atoms with E-state index in [2.05, 4.69) is 34.4 Å². The van der Waals surface area contributed by atoms with Gasteiger partial charge in [-0.1, -0.05) is 30.3 Å². The number of nitrogens with zero attached hydrogens (tertiary/aromatic N) is 6. The zero-order valence-electron chi connectivity index (χ0n) is 17.1. The van der Waals surface area contributed by atoms with Crippen molar-refractivity contribution in [2.75, 3.05) is 16.8 Å². The molecule has 1 atom stereocenters. The molecule has 0 fully saturated rings. The van der Waals surface area contributed by atoms with Crippen molar-refractivity contribution in [3.05, 3.63) is 47.8 Å². The number of carbonyl (C=O) groups is 1. The van der Waals surface area contributed by atoms with Crippen molar-refractivity contribution in [2.45, 2.75) is 46.2 Å². The maximum Gasteiger partial charge on any atom is 0.412 e. The smallest absolute Gasteiger partial charge is 0.412 e. The van der Waals surface area contributed by atoms with Crippen LogP contribution < -0.4 is 9.80 Å². The second kappa shape index (κ2) is 7.10. The fourth-order valence-corrected chi connectivity index (χ4v) is 3.20. The Balaban J connectivity index is 2.17. The molecule has 1 aromatic carbocycles. The number of aromatic nitrogens is 4. The third kappa shape index (κ3) is 3.49. The van der Waals surface area contributed by atoms with Gasteiger partial charge < -0.3 is 10.0 Å². The largest absolute Gasteiger partial charge is 0.465 e. The SMILES string of the molecule is Cc1nnc2c(N(C(=O)O)C(C)(C)C)cc(N(C)[C@@H](C)c3ccccc3)nn12. The Kier molecular flexibility index (Phi) is 4.97. The maximum atomic E-state index is 12.1. The first-order chi connectivity index (χ1) is 13.1. The summed E-state index contributed by atoms with van der Waals surface area (Å²) in [5.41, 5.74) is 1.35. The van der Waals surface area contributed by atoms with Crippen LogP contribution in [0.2, 0.25) is 0 Å². The van der Waals surface area contributed by atoms with Gasteiger partial charge in [0.15, 0.2) is 11.6 Å². The van der Waals surface area contributed by atoms with E-state index in [0.717, 1.165) is 5.56 Å². The van der Waals surface area contributed by atoms with Crippen LogP contribution in [0.3, 0.4) is 0 Å². The normalized spacial score (nSPS) is 12.8. The van der Waals surface area contributed by atoms with Gasteiger partial charge in [0.25, 0.3) is 0 Å². The molecule has 2 aromatic heterocycles. The van der Waals surface area contributed by atoms with Crippen molar-refractivity contribution in [3.63, 3.8) is 0 Å². The monoisotopic (exact) mass is 382 g/mol. The molecule has 8 heteroatoms. The Bertz CT molecular complexity index is 993. The predicted octanol–water partition coefficient (Wildman–Crippen LogP) is 3.91. The molecule has 0 unspecified atom stereocenters. The number of hydrogen-bond donors (Lipinski definition) is 1. The van der Waals surface area contributed by atoms with Crippen LogP contribution in [-0.4, -0.2) is 43.6 Å². The summed E-state index contributed by atoms with van der Waals surface area (Å²) >= 11 is 0. The molecule has 3 aromatic rings. The number of fused-ring (bicyclic) bond motifs is 1. The van der Waals surface area contributed by atoms with Crippen LogP contribution in [0.5, 0.6) is 0 Å². The molecule has 0 saturated heterocycles. The van der Waals surface area contributed by atoms with Gasteiger partial charge in [0.2, 0.25) is 5.65 Å². The number of anilines is 2. The van der Waals surface area contributed by atoms with Crippen molar-refractivity contribution in [3.8, 4) is 0 Å². The highest BCUT2D eigenvalue weighted by Gasteiger charge is 2.32. The third-order valence-corrected chi connectivity index (χ3v) is 4.82. The quantitative estimate of drug-likeness (QED) is 0.736. The number of amides is 1. The molecule has 0 aliphatic rings. The van der Waals surface area contributed by atoms with E-state index in [4.69, 9.17) is 0 Å². The van der Waals surface area contributed by atoms with Gasteiger partial charge in [-0.25, -0.2) is 4.79 Å². The lowest BCUT2D eigenvalue weighted by Gasteiger charge is -2.34. The lowest BCUT2D eigenvalue weighted by atomic mass is 10.1. The van der Waals surface area contributed by atoms with Crippen LogP contribution in [0.4, 0.5) is 16.3 Å². The predicted molar refractivity (Wildman–Crippen MR) is 109 cm³/mol. The van der Waals surface area contributed by atoms with Crippen LogP contribution in [0.15, 0.2) is 36.4 Å². The van der Waals surface area contributed by atoms with Gasteiger partial charge >= 0.3 is 6.09 Å². The first kappa shape index (κ1) is 19.6. The molecule has 2 heterocycles. The summed E-state index contributed by atoms with van der Waals surface area (Å²) in [5, 5.41) is 22.8. The van der Waals surface area contributed by atoms with Crippen LogP contribution in [0.25, 0.3) is 5.65 Å². The van der Waals surface area contributed by atoms with E-state index >= 15 is 0 Å². The van der Waals surface area contributed by atoms with Crippen molar-refractivity contribution in [1.29, 1.82) is 0 Å². The standard InChI is InChI=1S/C20H26N6O2/c1-13(15-10-8-7-9-11-15)24(6)17-12-16(25(19(27)28)20(3,4)5)18-22-21-14(2)26(18)23-17/h7-13H,1-6H3,(H,27,28)/t13-/m0/s1. The highest BCUT2D eigenvalue weighted by atomic mass is 16.4.